The number of ether oxygens (including phenoxy) is 1. The van der Waals surface area contributed by atoms with Crippen molar-refractivity contribution < 1.29 is 13.2 Å². The molecule has 1 saturated carbocycles. The number of hydrogen-bond acceptors (Lipinski definition) is 6. The van der Waals surface area contributed by atoms with E-state index in [0.717, 1.165) is 19.3 Å². The molecule has 0 saturated heterocycles. The van der Waals surface area contributed by atoms with Gasteiger partial charge in [-0.3, -0.25) is 5.84 Å². The second-order valence-corrected chi connectivity index (χ2v) is 6.75. The van der Waals surface area contributed by atoms with Gasteiger partial charge in [0.05, 0.1) is 5.69 Å². The molecule has 2 rings (SSSR count). The predicted octanol–water partition coefficient (Wildman–Crippen LogP) is 0.462. The molecule has 1 fully saturated rings. The lowest BCUT2D eigenvalue weighted by Gasteiger charge is -2.16. The molecule has 0 bridgehead atoms. The lowest BCUT2D eigenvalue weighted by atomic mass is 10.0. The summed E-state index contributed by atoms with van der Waals surface area (Å²) in [6.45, 7) is 1.04. The van der Waals surface area contributed by atoms with Crippen molar-refractivity contribution in [3.63, 3.8) is 0 Å². The van der Waals surface area contributed by atoms with E-state index in [-0.39, 0.29) is 16.1 Å². The Kier molecular flexibility index (Phi) is 4.59. The van der Waals surface area contributed by atoms with Crippen LogP contribution < -0.4 is 16.0 Å². The maximum absolute atomic E-state index is 12.3. The topological polar surface area (TPSA) is 106 Å². The molecule has 20 heavy (non-hydrogen) atoms. The minimum Gasteiger partial charge on any atom is -0.385 e. The Morgan fingerprint density at radius 1 is 1.50 bits per heavy atom. The fourth-order valence-electron chi connectivity index (χ4n) is 2.04. The molecule has 1 aliphatic rings. The van der Waals surface area contributed by atoms with Crippen LogP contribution in [0.25, 0.3) is 0 Å². The normalized spacial score (nSPS) is 16.9. The van der Waals surface area contributed by atoms with Crippen LogP contribution in [0, 0.1) is 5.41 Å². The Hall–Kier alpha value is -1.22. The highest BCUT2D eigenvalue weighted by Crippen LogP contribution is 2.48. The molecule has 4 N–H and O–H groups in total. The Balaban J connectivity index is 2.05. The summed E-state index contributed by atoms with van der Waals surface area (Å²) in [6, 6.07) is 3.19. The number of nitrogens with two attached hydrogens (primary N) is 1. The molecule has 0 unspecified atom stereocenters. The zero-order chi connectivity index (χ0) is 14.6. The Morgan fingerprint density at radius 2 is 2.25 bits per heavy atom. The van der Waals surface area contributed by atoms with E-state index in [1.54, 1.807) is 19.2 Å². The standard InChI is InChI=1S/C12H20N4O3S/c1-19-8-6-12(4-5-12)9-15-20(17,18)11-10(16-13)3-2-7-14-11/h2-3,7,15-16H,4-6,8-9,13H2,1H3. The summed E-state index contributed by atoms with van der Waals surface area (Å²) in [5.41, 5.74) is 2.66. The Bertz CT molecular complexity index is 558. The first-order valence-corrected chi connectivity index (χ1v) is 7.92. The molecule has 1 aromatic rings. The van der Waals surface area contributed by atoms with Crippen LogP contribution >= 0.6 is 0 Å². The van der Waals surface area contributed by atoms with Crippen LogP contribution in [0.5, 0.6) is 0 Å². The van der Waals surface area contributed by atoms with Crippen molar-refractivity contribution in [3.8, 4) is 0 Å². The van der Waals surface area contributed by atoms with Gasteiger partial charge in [0.2, 0.25) is 0 Å². The van der Waals surface area contributed by atoms with Gasteiger partial charge in [-0.2, -0.15) is 0 Å². The number of hydrogen-bond donors (Lipinski definition) is 3. The molecule has 8 heteroatoms. The summed E-state index contributed by atoms with van der Waals surface area (Å²) in [7, 11) is -2.02. The van der Waals surface area contributed by atoms with E-state index >= 15 is 0 Å². The maximum Gasteiger partial charge on any atom is 0.260 e. The van der Waals surface area contributed by atoms with Gasteiger partial charge in [-0.15, -0.1) is 0 Å². The van der Waals surface area contributed by atoms with Crippen LogP contribution in [0.2, 0.25) is 0 Å². The summed E-state index contributed by atoms with van der Waals surface area (Å²) < 4.78 is 32.2. The Morgan fingerprint density at radius 3 is 2.85 bits per heavy atom. The first-order valence-electron chi connectivity index (χ1n) is 6.43. The van der Waals surface area contributed by atoms with Gasteiger partial charge >= 0.3 is 0 Å². The fraction of sp³-hybridized carbons (Fsp3) is 0.583. The SMILES string of the molecule is COCCC1(CNS(=O)(=O)c2ncccc2NN)CC1. The number of nitrogens with one attached hydrogen (secondary N) is 2. The molecule has 1 aliphatic carbocycles. The van der Waals surface area contributed by atoms with Gasteiger partial charge in [0.15, 0.2) is 5.03 Å². The third kappa shape index (κ3) is 3.45. The number of rotatable bonds is 8. The van der Waals surface area contributed by atoms with Crippen molar-refractivity contribution in [1.82, 2.24) is 9.71 Å². The summed E-state index contributed by atoms with van der Waals surface area (Å²) in [6.07, 6.45) is 4.32. The minimum absolute atomic E-state index is 0.0359. The minimum atomic E-state index is -3.67. The van der Waals surface area contributed by atoms with Crippen LogP contribution in [0.1, 0.15) is 19.3 Å². The number of sulfonamides is 1. The van der Waals surface area contributed by atoms with Crippen LogP contribution in [-0.4, -0.2) is 33.7 Å². The third-order valence-corrected chi connectivity index (χ3v) is 4.97. The highest BCUT2D eigenvalue weighted by Gasteiger charge is 2.42. The van der Waals surface area contributed by atoms with Crippen molar-refractivity contribution in [1.29, 1.82) is 0 Å². The quantitative estimate of drug-likeness (QED) is 0.476. The van der Waals surface area contributed by atoms with Gasteiger partial charge < -0.3 is 10.2 Å². The van der Waals surface area contributed by atoms with E-state index in [1.165, 1.54) is 6.20 Å². The summed E-state index contributed by atoms with van der Waals surface area (Å²) in [4.78, 5) is 3.89. The van der Waals surface area contributed by atoms with Gasteiger partial charge in [-0.1, -0.05) is 0 Å². The van der Waals surface area contributed by atoms with Gasteiger partial charge in [0.25, 0.3) is 10.0 Å². The lowest BCUT2D eigenvalue weighted by Crippen LogP contribution is -2.32. The zero-order valence-electron chi connectivity index (χ0n) is 11.4. The first kappa shape index (κ1) is 15.2. The van der Waals surface area contributed by atoms with Crippen LogP contribution in [0.3, 0.4) is 0 Å². The lowest BCUT2D eigenvalue weighted by molar-refractivity contribution is 0.173. The molecule has 0 radical (unpaired) electrons. The number of hydrazine groups is 1. The average molecular weight is 300 g/mol. The largest absolute Gasteiger partial charge is 0.385 e. The van der Waals surface area contributed by atoms with E-state index in [0.29, 0.717) is 13.2 Å². The van der Waals surface area contributed by atoms with Crippen LogP contribution in [0.15, 0.2) is 23.4 Å². The average Bonchev–Trinajstić information content (AvgIpc) is 3.24. The highest BCUT2D eigenvalue weighted by molar-refractivity contribution is 7.89. The van der Waals surface area contributed by atoms with E-state index in [9.17, 15) is 8.42 Å². The fourth-order valence-corrected chi connectivity index (χ4v) is 3.29. The molecule has 0 spiro atoms. The first-order chi connectivity index (χ1) is 9.53. The van der Waals surface area contributed by atoms with E-state index in [2.05, 4.69) is 15.1 Å². The molecular formula is C12H20N4O3S. The number of methoxy groups -OCH3 is 1. The predicted molar refractivity (Wildman–Crippen MR) is 75.4 cm³/mol. The third-order valence-electron chi connectivity index (χ3n) is 3.61. The summed E-state index contributed by atoms with van der Waals surface area (Å²) >= 11 is 0. The molecule has 7 nitrogen and oxygen atoms in total. The number of anilines is 1. The van der Waals surface area contributed by atoms with Crippen molar-refractivity contribution in [2.75, 3.05) is 25.7 Å². The van der Waals surface area contributed by atoms with Crippen LogP contribution in [0.4, 0.5) is 5.69 Å². The molecule has 0 aliphatic heterocycles. The molecule has 0 amide bonds. The molecule has 1 heterocycles. The van der Waals surface area contributed by atoms with E-state index < -0.39 is 10.0 Å². The molecule has 112 valence electrons. The van der Waals surface area contributed by atoms with Crippen molar-refractivity contribution in [3.05, 3.63) is 18.3 Å². The molecule has 0 atom stereocenters. The summed E-state index contributed by atoms with van der Waals surface area (Å²) in [5, 5.41) is -0.0787. The van der Waals surface area contributed by atoms with Gasteiger partial charge in [-0.25, -0.2) is 18.1 Å². The zero-order valence-corrected chi connectivity index (χ0v) is 12.2. The molecule has 1 aromatic heterocycles. The molecular weight excluding hydrogens is 280 g/mol. The molecule has 0 aromatic carbocycles. The number of aromatic nitrogens is 1. The summed E-state index contributed by atoms with van der Waals surface area (Å²) in [5.74, 6) is 5.31. The number of nitrogen functional groups attached to an aromatic ring is 1. The highest BCUT2D eigenvalue weighted by atomic mass is 32.2. The number of nitrogens with zero attached hydrogens (tertiary/aromatic N) is 1. The Labute approximate surface area is 118 Å². The van der Waals surface area contributed by atoms with Crippen LogP contribution in [-0.2, 0) is 14.8 Å². The van der Waals surface area contributed by atoms with Crippen molar-refractivity contribution in [2.45, 2.75) is 24.3 Å². The maximum atomic E-state index is 12.3. The second kappa shape index (κ2) is 6.04. The van der Waals surface area contributed by atoms with Gasteiger partial charge in [0, 0.05) is 26.5 Å². The second-order valence-electron chi connectivity index (χ2n) is 5.07. The van der Waals surface area contributed by atoms with Gasteiger partial charge in [0.1, 0.15) is 0 Å². The smallest absolute Gasteiger partial charge is 0.260 e. The monoisotopic (exact) mass is 300 g/mol. The van der Waals surface area contributed by atoms with Gasteiger partial charge in [-0.05, 0) is 36.8 Å². The van der Waals surface area contributed by atoms with E-state index in [4.69, 9.17) is 10.6 Å². The van der Waals surface area contributed by atoms with E-state index in [1.807, 2.05) is 0 Å². The van der Waals surface area contributed by atoms with Crippen molar-refractivity contribution >= 4 is 15.7 Å². The number of pyridine rings is 1. The van der Waals surface area contributed by atoms with Crippen molar-refractivity contribution in [2.24, 2.45) is 11.3 Å².